The summed E-state index contributed by atoms with van der Waals surface area (Å²) >= 11 is 0. The molecule has 2 aliphatic heterocycles. The molecule has 0 bridgehead atoms. The van der Waals surface area contributed by atoms with Crippen molar-refractivity contribution in [2.75, 3.05) is 64.4 Å². The number of rotatable bonds is 8. The van der Waals surface area contributed by atoms with Crippen LogP contribution in [0.5, 0.6) is 0 Å². The number of morpholine rings is 1. The first-order valence-electron chi connectivity index (χ1n) is 11.4. The first-order valence-corrected chi connectivity index (χ1v) is 11.4. The van der Waals surface area contributed by atoms with Crippen LogP contribution in [0.2, 0.25) is 0 Å². The van der Waals surface area contributed by atoms with Crippen LogP contribution in [0.3, 0.4) is 0 Å². The Morgan fingerprint density at radius 2 is 1.90 bits per heavy atom. The van der Waals surface area contributed by atoms with E-state index in [9.17, 15) is 4.79 Å². The number of nitrogens with one attached hydrogen (secondary N) is 3. The van der Waals surface area contributed by atoms with Gasteiger partial charge in [-0.05, 0) is 30.0 Å². The van der Waals surface area contributed by atoms with Crippen molar-refractivity contribution < 1.29 is 9.53 Å². The van der Waals surface area contributed by atoms with Crippen LogP contribution in [0.15, 0.2) is 29.3 Å². The number of aliphatic imine (C=N–C) groups is 1. The second kappa shape index (κ2) is 11.9. The summed E-state index contributed by atoms with van der Waals surface area (Å²) in [4.78, 5) is 20.6. The minimum Gasteiger partial charge on any atom is -0.379 e. The van der Waals surface area contributed by atoms with Gasteiger partial charge in [0, 0.05) is 58.0 Å². The highest BCUT2D eigenvalue weighted by Crippen LogP contribution is 2.16. The first kappa shape index (κ1) is 23.3. The van der Waals surface area contributed by atoms with E-state index in [0.717, 1.165) is 57.5 Å². The Labute approximate surface area is 186 Å². The molecule has 0 aliphatic carbocycles. The fourth-order valence-electron chi connectivity index (χ4n) is 4.15. The Morgan fingerprint density at radius 3 is 2.55 bits per heavy atom. The largest absolute Gasteiger partial charge is 0.379 e. The molecule has 2 aliphatic rings. The molecule has 8 nitrogen and oxygen atoms in total. The molecule has 8 heteroatoms. The molecular formula is C23H38N6O2. The fraction of sp³-hybridized carbons (Fsp3) is 0.652. The number of benzene rings is 1. The van der Waals surface area contributed by atoms with Gasteiger partial charge in [-0.15, -0.1) is 0 Å². The Bertz CT molecular complexity index is 715. The molecule has 0 spiro atoms. The summed E-state index contributed by atoms with van der Waals surface area (Å²) in [6.07, 6.45) is 1.15. The lowest BCUT2D eigenvalue weighted by Crippen LogP contribution is -2.50. The minimum absolute atomic E-state index is 0.0831. The quantitative estimate of drug-likeness (QED) is 0.422. The molecule has 0 saturated carbocycles. The van der Waals surface area contributed by atoms with Crippen molar-refractivity contribution in [1.82, 2.24) is 20.9 Å². The van der Waals surface area contributed by atoms with Crippen molar-refractivity contribution >= 4 is 17.6 Å². The number of carbonyl (C=O) groups is 1. The summed E-state index contributed by atoms with van der Waals surface area (Å²) in [5.74, 6) is 1.55. The summed E-state index contributed by atoms with van der Waals surface area (Å²) in [7, 11) is 1.81. The highest BCUT2D eigenvalue weighted by atomic mass is 16.5. The van der Waals surface area contributed by atoms with Crippen molar-refractivity contribution in [3.63, 3.8) is 0 Å². The van der Waals surface area contributed by atoms with E-state index in [1.54, 1.807) is 0 Å². The third-order valence-corrected chi connectivity index (χ3v) is 5.83. The van der Waals surface area contributed by atoms with E-state index in [-0.39, 0.29) is 5.91 Å². The van der Waals surface area contributed by atoms with Crippen molar-refractivity contribution in [1.29, 1.82) is 0 Å². The van der Waals surface area contributed by atoms with Crippen molar-refractivity contribution in [3.8, 4) is 0 Å². The molecule has 1 atom stereocenters. The van der Waals surface area contributed by atoms with Crippen LogP contribution >= 0.6 is 0 Å². The summed E-state index contributed by atoms with van der Waals surface area (Å²) in [5, 5.41) is 9.80. The van der Waals surface area contributed by atoms with Crippen LogP contribution in [0, 0.1) is 5.92 Å². The van der Waals surface area contributed by atoms with Crippen molar-refractivity contribution in [2.24, 2.45) is 10.9 Å². The number of piperazine rings is 1. The van der Waals surface area contributed by atoms with Gasteiger partial charge in [0.15, 0.2) is 5.96 Å². The SMILES string of the molecule is CN=C(NCc1ccc(N2CCNC(=O)C2)cc1)NCC(CC(C)C)N1CCOCC1. The molecule has 1 unspecified atom stereocenters. The lowest BCUT2D eigenvalue weighted by molar-refractivity contribution is -0.120. The maximum Gasteiger partial charge on any atom is 0.239 e. The van der Waals surface area contributed by atoms with Gasteiger partial charge in [-0.2, -0.15) is 0 Å². The van der Waals surface area contributed by atoms with Gasteiger partial charge in [0.25, 0.3) is 0 Å². The smallest absolute Gasteiger partial charge is 0.239 e. The number of nitrogens with zero attached hydrogens (tertiary/aromatic N) is 3. The average molecular weight is 431 g/mol. The number of carbonyl (C=O) groups excluding carboxylic acids is 1. The molecule has 0 radical (unpaired) electrons. The zero-order valence-electron chi connectivity index (χ0n) is 19.2. The van der Waals surface area contributed by atoms with Crippen LogP contribution in [-0.4, -0.2) is 82.3 Å². The summed E-state index contributed by atoms with van der Waals surface area (Å²) in [6, 6.07) is 8.86. The van der Waals surface area contributed by atoms with E-state index in [2.05, 4.69) is 68.9 Å². The summed E-state index contributed by atoms with van der Waals surface area (Å²) in [6.45, 7) is 11.7. The number of ether oxygens (including phenoxy) is 1. The molecule has 1 amide bonds. The normalized spacial score (nSPS) is 19.3. The van der Waals surface area contributed by atoms with Crippen LogP contribution in [0.25, 0.3) is 0 Å². The van der Waals surface area contributed by atoms with Gasteiger partial charge in [-0.25, -0.2) is 0 Å². The molecule has 3 N–H and O–H groups in total. The van der Waals surface area contributed by atoms with E-state index in [1.807, 2.05) is 7.05 Å². The highest BCUT2D eigenvalue weighted by Gasteiger charge is 2.22. The van der Waals surface area contributed by atoms with Crippen LogP contribution in [-0.2, 0) is 16.1 Å². The molecule has 2 saturated heterocycles. The summed E-state index contributed by atoms with van der Waals surface area (Å²) < 4.78 is 5.52. The molecule has 1 aromatic rings. The fourth-order valence-corrected chi connectivity index (χ4v) is 4.15. The van der Waals surface area contributed by atoms with Gasteiger partial charge in [0.05, 0.1) is 19.8 Å². The Morgan fingerprint density at radius 1 is 1.16 bits per heavy atom. The average Bonchev–Trinajstić information content (AvgIpc) is 2.79. The number of hydrogen-bond donors (Lipinski definition) is 3. The monoisotopic (exact) mass is 430 g/mol. The topological polar surface area (TPSA) is 81.2 Å². The van der Waals surface area contributed by atoms with E-state index in [1.165, 1.54) is 5.56 Å². The maximum atomic E-state index is 11.6. The highest BCUT2D eigenvalue weighted by molar-refractivity contribution is 5.82. The predicted octanol–water partition coefficient (Wildman–Crippen LogP) is 1.03. The molecule has 1 aromatic carbocycles. The zero-order valence-corrected chi connectivity index (χ0v) is 19.2. The van der Waals surface area contributed by atoms with Crippen molar-refractivity contribution in [2.45, 2.75) is 32.9 Å². The van der Waals surface area contributed by atoms with Gasteiger partial charge in [0.2, 0.25) is 5.91 Å². The first-order chi connectivity index (χ1) is 15.0. The zero-order chi connectivity index (χ0) is 22.1. The Balaban J connectivity index is 1.48. The Kier molecular flexibility index (Phi) is 8.97. The van der Waals surface area contributed by atoms with E-state index >= 15 is 0 Å². The third-order valence-electron chi connectivity index (χ3n) is 5.83. The Hall–Kier alpha value is -2.32. The summed E-state index contributed by atoms with van der Waals surface area (Å²) in [5.41, 5.74) is 2.27. The molecule has 2 heterocycles. The molecule has 172 valence electrons. The second-order valence-electron chi connectivity index (χ2n) is 8.68. The molecular weight excluding hydrogens is 392 g/mol. The molecule has 0 aromatic heterocycles. The number of amides is 1. The van der Waals surface area contributed by atoms with Crippen LogP contribution in [0.4, 0.5) is 5.69 Å². The molecule has 2 fully saturated rings. The number of guanidine groups is 1. The minimum atomic E-state index is 0.0831. The number of anilines is 1. The lowest BCUT2D eigenvalue weighted by Gasteiger charge is -2.35. The predicted molar refractivity (Wildman–Crippen MR) is 126 cm³/mol. The van der Waals surface area contributed by atoms with E-state index < -0.39 is 0 Å². The van der Waals surface area contributed by atoms with E-state index in [0.29, 0.717) is 31.6 Å². The molecule has 31 heavy (non-hydrogen) atoms. The van der Waals surface area contributed by atoms with E-state index in [4.69, 9.17) is 4.74 Å². The maximum absolute atomic E-state index is 11.6. The number of hydrogen-bond acceptors (Lipinski definition) is 5. The van der Waals surface area contributed by atoms with Gasteiger partial charge >= 0.3 is 0 Å². The van der Waals surface area contributed by atoms with Gasteiger partial charge in [-0.3, -0.25) is 14.7 Å². The van der Waals surface area contributed by atoms with Gasteiger partial charge in [-0.1, -0.05) is 26.0 Å². The van der Waals surface area contributed by atoms with Crippen molar-refractivity contribution in [3.05, 3.63) is 29.8 Å². The molecule has 3 rings (SSSR count). The van der Waals surface area contributed by atoms with Gasteiger partial charge in [0.1, 0.15) is 0 Å². The van der Waals surface area contributed by atoms with Crippen LogP contribution in [0.1, 0.15) is 25.8 Å². The van der Waals surface area contributed by atoms with Gasteiger partial charge < -0.3 is 25.6 Å². The van der Waals surface area contributed by atoms with Crippen LogP contribution < -0.4 is 20.9 Å². The lowest BCUT2D eigenvalue weighted by atomic mass is 10.0. The second-order valence-corrected chi connectivity index (χ2v) is 8.68. The third kappa shape index (κ3) is 7.40. The standard InChI is InChI=1S/C23H38N6O2/c1-18(2)14-21(28-10-12-31-13-11-28)16-27-23(24-3)26-15-19-4-6-20(7-5-19)29-9-8-25-22(30)17-29/h4-7,18,21H,8-17H2,1-3H3,(H,25,30)(H2,24,26,27).